The average Bonchev–Trinajstić information content (AvgIpc) is 3.64. The topological polar surface area (TPSA) is 0 Å². The van der Waals surface area contributed by atoms with E-state index in [1.54, 1.807) is 17.6 Å². The molecule has 1 atom stereocenters. The number of hydrogen-bond donors (Lipinski definition) is 0. The summed E-state index contributed by atoms with van der Waals surface area (Å²) in [6.07, 6.45) is 6.46. The summed E-state index contributed by atoms with van der Waals surface area (Å²) in [5.41, 5.74) is 22.6. The van der Waals surface area contributed by atoms with E-state index in [1.807, 2.05) is 0 Å². The van der Waals surface area contributed by atoms with Crippen LogP contribution in [0.15, 0.2) is 112 Å². The summed E-state index contributed by atoms with van der Waals surface area (Å²) >= 11 is -2.76. The number of hydrogen-bond acceptors (Lipinski definition) is 0. The van der Waals surface area contributed by atoms with Gasteiger partial charge in [0.25, 0.3) is 0 Å². The Labute approximate surface area is 339 Å². The van der Waals surface area contributed by atoms with Crippen LogP contribution in [-0.2, 0) is 21.3 Å². The molecule has 53 heavy (non-hydrogen) atoms. The van der Waals surface area contributed by atoms with Gasteiger partial charge in [-0.15, -0.1) is 0 Å². The number of halogens is 2. The molecular weight excluding hydrogens is 763 g/mol. The molecule has 3 heteroatoms. The van der Waals surface area contributed by atoms with Crippen LogP contribution < -0.4 is 24.8 Å². The zero-order valence-corrected chi connectivity index (χ0v) is 37.4. The molecule has 0 aliphatic heterocycles. The second-order valence-electron chi connectivity index (χ2n) is 16.5. The van der Waals surface area contributed by atoms with E-state index in [1.165, 1.54) is 77.9 Å². The third-order valence-corrected chi connectivity index (χ3v) is 20.0. The molecule has 0 heterocycles. The number of allylic oxidation sites excluding steroid dienone is 4. The summed E-state index contributed by atoms with van der Waals surface area (Å²) in [5.74, 6) is 0.495. The van der Waals surface area contributed by atoms with Crippen LogP contribution in [0.5, 0.6) is 0 Å². The van der Waals surface area contributed by atoms with Crippen molar-refractivity contribution in [2.24, 2.45) is 11.3 Å². The SMILES string of the molecule is CCC1C=C(C(C)(C)C)C=[C]1/[Zr+2](=[C](/C)c1ccccc1)[CH]1c2cc(-c3c(C)cc(C)cc3C)ccc2-c2ccc(-c3c(C)cc(C)cc3C)cc21.[Cl-].[Cl-]. The Hall–Kier alpha value is -3.09. The number of aryl methyl sites for hydroxylation is 6. The van der Waals surface area contributed by atoms with Gasteiger partial charge < -0.3 is 24.8 Å². The normalized spacial score (nSPS) is 15.2. The molecular formula is C50H54Cl2Zr. The number of fused-ring (bicyclic) bond motifs is 3. The van der Waals surface area contributed by atoms with Crippen molar-refractivity contribution in [3.05, 3.63) is 162 Å². The molecule has 5 aromatic carbocycles. The Morgan fingerprint density at radius 2 is 1.08 bits per heavy atom. The third-order valence-electron chi connectivity index (χ3n) is 11.6. The second kappa shape index (κ2) is 15.9. The summed E-state index contributed by atoms with van der Waals surface area (Å²) in [5, 5.41) is 0. The van der Waals surface area contributed by atoms with Crippen molar-refractivity contribution in [2.45, 2.75) is 86.2 Å². The molecule has 7 rings (SSSR count). The van der Waals surface area contributed by atoms with Crippen molar-refractivity contribution in [3.63, 3.8) is 0 Å². The minimum Gasteiger partial charge on any atom is -1.00 e. The maximum absolute atomic E-state index is 2.76. The van der Waals surface area contributed by atoms with Gasteiger partial charge in [-0.3, -0.25) is 0 Å². The van der Waals surface area contributed by atoms with E-state index in [4.69, 9.17) is 0 Å². The molecule has 5 aromatic rings. The Kier molecular flexibility index (Phi) is 12.4. The number of rotatable bonds is 6. The molecule has 1 unspecified atom stereocenters. The van der Waals surface area contributed by atoms with E-state index in [-0.39, 0.29) is 30.2 Å². The molecule has 0 saturated heterocycles. The summed E-state index contributed by atoms with van der Waals surface area (Å²) in [6.45, 7) is 25.7. The second-order valence-corrected chi connectivity index (χ2v) is 23.2. The molecule has 0 saturated carbocycles. The average molecular weight is 817 g/mol. The fourth-order valence-electron chi connectivity index (χ4n) is 9.31. The van der Waals surface area contributed by atoms with Crippen molar-refractivity contribution < 1.29 is 46.1 Å². The van der Waals surface area contributed by atoms with Crippen LogP contribution in [0.4, 0.5) is 0 Å². The van der Waals surface area contributed by atoms with Crippen LogP contribution >= 0.6 is 0 Å². The standard InChI is InChI=1S/C31H29.C11H17.C8H8.2ClH.Zr/c1-18-11-20(3)30(21(4)12-18)24-7-9-28-26(15-24)17-27-16-25(8-10-29(27)28)31-22(5)13-19(2)14-23(31)6;1-5-9-6-7-10(8-9)11(2,3)4;1-2-8-6-4-3-5-7-8;;;/h7-17H,1-6H3;7-9H,5H2,1-4H3;3-7H,1H3;2*1H;/q;;;;;+2/p-2. The molecule has 272 valence electrons. The first-order valence-corrected chi connectivity index (χ1v) is 22.8. The first kappa shape index (κ1) is 41.1. The van der Waals surface area contributed by atoms with Gasteiger partial charge in [0.05, 0.1) is 0 Å². The quantitative estimate of drug-likeness (QED) is 0.165. The molecule has 0 spiro atoms. The van der Waals surface area contributed by atoms with Gasteiger partial charge in [-0.05, 0) is 0 Å². The summed E-state index contributed by atoms with van der Waals surface area (Å²) in [7, 11) is 0. The Morgan fingerprint density at radius 1 is 0.623 bits per heavy atom. The maximum Gasteiger partial charge on any atom is -1.00 e. The van der Waals surface area contributed by atoms with E-state index < -0.39 is 21.3 Å². The Morgan fingerprint density at radius 3 is 1.49 bits per heavy atom. The Bertz CT molecular complexity index is 2140. The van der Waals surface area contributed by atoms with Crippen molar-refractivity contribution in [1.29, 1.82) is 0 Å². The summed E-state index contributed by atoms with van der Waals surface area (Å²) in [4.78, 5) is 0. The third kappa shape index (κ3) is 7.61. The smallest absolute Gasteiger partial charge is 1.00 e. The van der Waals surface area contributed by atoms with Gasteiger partial charge in [0.2, 0.25) is 0 Å². The van der Waals surface area contributed by atoms with Gasteiger partial charge in [-0.1, -0.05) is 0 Å². The van der Waals surface area contributed by atoms with Gasteiger partial charge >= 0.3 is 317 Å². The van der Waals surface area contributed by atoms with E-state index >= 15 is 0 Å². The largest absolute Gasteiger partial charge is 1.00 e. The fraction of sp³-hybridized carbons (Fsp3) is 0.300. The van der Waals surface area contributed by atoms with Gasteiger partial charge in [0, 0.05) is 0 Å². The van der Waals surface area contributed by atoms with E-state index in [2.05, 4.69) is 179 Å². The first-order chi connectivity index (χ1) is 24.3. The molecule has 0 nitrogen and oxygen atoms in total. The predicted molar refractivity (Wildman–Crippen MR) is 219 cm³/mol. The van der Waals surface area contributed by atoms with Crippen LogP contribution in [0.1, 0.15) is 94.7 Å². The molecule has 0 N–H and O–H groups in total. The van der Waals surface area contributed by atoms with Crippen molar-refractivity contribution in [3.8, 4) is 33.4 Å². The van der Waals surface area contributed by atoms with Crippen LogP contribution in [0.25, 0.3) is 33.4 Å². The molecule has 0 radical (unpaired) electrons. The predicted octanol–water partition coefficient (Wildman–Crippen LogP) is 7.70. The minimum atomic E-state index is -2.76. The van der Waals surface area contributed by atoms with Crippen molar-refractivity contribution in [1.82, 2.24) is 0 Å². The van der Waals surface area contributed by atoms with Crippen LogP contribution in [0, 0.1) is 52.9 Å². The summed E-state index contributed by atoms with van der Waals surface area (Å²) < 4.78 is 3.79. The zero-order valence-electron chi connectivity index (χ0n) is 33.4. The van der Waals surface area contributed by atoms with Gasteiger partial charge in [-0.2, -0.15) is 0 Å². The molecule has 0 bridgehead atoms. The molecule has 0 amide bonds. The molecule has 0 fully saturated rings. The fourth-order valence-corrected chi connectivity index (χ4v) is 18.6. The molecule has 0 aromatic heterocycles. The van der Waals surface area contributed by atoms with E-state index in [0.717, 1.165) is 6.42 Å². The Balaban J connectivity index is 0.00000271. The molecule has 2 aliphatic carbocycles. The first-order valence-electron chi connectivity index (χ1n) is 18.9. The van der Waals surface area contributed by atoms with Crippen molar-refractivity contribution in [2.75, 3.05) is 0 Å². The van der Waals surface area contributed by atoms with Crippen LogP contribution in [0.3, 0.4) is 0 Å². The monoisotopic (exact) mass is 814 g/mol. The van der Waals surface area contributed by atoms with E-state index in [9.17, 15) is 0 Å². The van der Waals surface area contributed by atoms with Crippen molar-refractivity contribution >= 4 is 3.21 Å². The zero-order chi connectivity index (χ0) is 36.4. The van der Waals surface area contributed by atoms with Gasteiger partial charge in [-0.25, -0.2) is 0 Å². The van der Waals surface area contributed by atoms with Gasteiger partial charge in [0.1, 0.15) is 0 Å². The summed E-state index contributed by atoms with van der Waals surface area (Å²) in [6, 6.07) is 35.7. The molecule has 2 aliphatic rings. The maximum atomic E-state index is 2.68. The van der Waals surface area contributed by atoms with E-state index in [0.29, 0.717) is 9.54 Å². The van der Waals surface area contributed by atoms with Crippen LogP contribution in [0.2, 0.25) is 0 Å². The number of benzene rings is 5. The minimum absolute atomic E-state index is 0. The van der Waals surface area contributed by atoms with Crippen LogP contribution in [-0.4, -0.2) is 3.21 Å². The van der Waals surface area contributed by atoms with Gasteiger partial charge in [0.15, 0.2) is 0 Å².